The smallest absolute Gasteiger partial charge is 0.232 e. The van der Waals surface area contributed by atoms with Gasteiger partial charge in [0.15, 0.2) is 5.01 Å². The van der Waals surface area contributed by atoms with Gasteiger partial charge in [-0.15, -0.1) is 23.1 Å². The van der Waals surface area contributed by atoms with Gasteiger partial charge in [0.05, 0.1) is 5.69 Å². The fourth-order valence-corrected chi connectivity index (χ4v) is 3.29. The van der Waals surface area contributed by atoms with E-state index in [0.717, 1.165) is 28.2 Å². The third kappa shape index (κ3) is 3.55. The molecule has 6 heteroatoms. The first-order valence-electron chi connectivity index (χ1n) is 6.18. The predicted molar refractivity (Wildman–Crippen MR) is 78.3 cm³/mol. The molecule has 108 valence electrons. The highest BCUT2D eigenvalue weighted by Gasteiger charge is 2.34. The summed E-state index contributed by atoms with van der Waals surface area (Å²) in [5, 5.41) is 0.665. The number of thioether (sulfide) groups is 1. The van der Waals surface area contributed by atoms with Crippen molar-refractivity contribution in [3.63, 3.8) is 0 Å². The van der Waals surface area contributed by atoms with Gasteiger partial charge in [0, 0.05) is 15.8 Å². The van der Waals surface area contributed by atoms with Crippen LogP contribution in [0.5, 0.6) is 0 Å². The molecule has 2 rings (SSSR count). The van der Waals surface area contributed by atoms with Crippen molar-refractivity contribution in [1.82, 2.24) is 4.98 Å². The highest BCUT2D eigenvalue weighted by atomic mass is 32.2. The lowest BCUT2D eigenvalue weighted by Crippen LogP contribution is -2.03. The number of benzene rings is 1. The Morgan fingerprint density at radius 2 is 2.05 bits per heavy atom. The molecule has 2 aromatic rings. The Morgan fingerprint density at radius 3 is 2.65 bits per heavy atom. The van der Waals surface area contributed by atoms with Crippen LogP contribution in [0.2, 0.25) is 0 Å². The fraction of sp³-hybridized carbons (Fsp3) is 0.357. The Morgan fingerprint density at radius 1 is 1.30 bits per heavy atom. The zero-order chi connectivity index (χ0) is 14.8. The van der Waals surface area contributed by atoms with Crippen LogP contribution in [0.25, 0.3) is 11.3 Å². The zero-order valence-corrected chi connectivity index (χ0v) is 12.8. The van der Waals surface area contributed by atoms with E-state index in [1.54, 1.807) is 11.8 Å². The lowest BCUT2D eigenvalue weighted by Gasteiger charge is -2.07. The van der Waals surface area contributed by atoms with Gasteiger partial charge in [-0.1, -0.05) is 19.1 Å². The summed E-state index contributed by atoms with van der Waals surface area (Å²) < 4.78 is 37.7. The highest BCUT2D eigenvalue weighted by molar-refractivity contribution is 7.99. The number of alkyl halides is 3. The number of hydrogen-bond acceptors (Lipinski definition) is 3. The maximum atomic E-state index is 12.6. The molecule has 0 N–H and O–H groups in total. The van der Waals surface area contributed by atoms with Crippen molar-refractivity contribution in [2.45, 2.75) is 31.3 Å². The molecule has 0 saturated carbocycles. The summed E-state index contributed by atoms with van der Waals surface area (Å²) in [6.45, 7) is 4.10. The molecular weight excluding hydrogens is 303 g/mol. The number of aryl methyl sites for hydroxylation is 1. The molecule has 0 aliphatic rings. The maximum absolute atomic E-state index is 12.6. The van der Waals surface area contributed by atoms with E-state index in [4.69, 9.17) is 0 Å². The summed E-state index contributed by atoms with van der Waals surface area (Å²) in [4.78, 5) is 4.79. The molecule has 0 aliphatic heterocycles. The Hall–Kier alpha value is -1.01. The van der Waals surface area contributed by atoms with Crippen molar-refractivity contribution in [3.05, 3.63) is 34.2 Å². The summed E-state index contributed by atoms with van der Waals surface area (Å²) in [5.74, 6) is 0.995. The second-order valence-electron chi connectivity index (χ2n) is 4.36. The number of aromatic nitrogens is 1. The van der Waals surface area contributed by atoms with Gasteiger partial charge in [0.1, 0.15) is 0 Å². The minimum atomic E-state index is -4.37. The van der Waals surface area contributed by atoms with Gasteiger partial charge >= 0.3 is 6.18 Å². The quantitative estimate of drug-likeness (QED) is 0.677. The number of thiazole rings is 1. The van der Waals surface area contributed by atoms with Crippen LogP contribution >= 0.6 is 23.1 Å². The fourth-order valence-electron chi connectivity index (χ4n) is 1.66. The average molecular weight is 317 g/mol. The maximum Gasteiger partial charge on any atom is 0.443 e. The molecule has 0 fully saturated rings. The van der Waals surface area contributed by atoms with Crippen molar-refractivity contribution in [1.29, 1.82) is 0 Å². The van der Waals surface area contributed by atoms with Gasteiger partial charge in [-0.05, 0) is 30.7 Å². The topological polar surface area (TPSA) is 12.9 Å². The van der Waals surface area contributed by atoms with E-state index in [1.165, 1.54) is 5.38 Å². The summed E-state index contributed by atoms with van der Waals surface area (Å²) in [7, 11) is 0. The second-order valence-corrected chi connectivity index (χ2v) is 6.36. The van der Waals surface area contributed by atoms with Crippen molar-refractivity contribution < 1.29 is 13.2 Å². The third-order valence-electron chi connectivity index (χ3n) is 2.69. The first-order valence-corrected chi connectivity index (χ1v) is 8.05. The largest absolute Gasteiger partial charge is 0.443 e. The van der Waals surface area contributed by atoms with Gasteiger partial charge in [0.25, 0.3) is 0 Å². The first kappa shape index (κ1) is 15.4. The van der Waals surface area contributed by atoms with E-state index < -0.39 is 11.2 Å². The lowest BCUT2D eigenvalue weighted by atomic mass is 10.1. The molecule has 1 heterocycles. The zero-order valence-electron chi connectivity index (χ0n) is 11.1. The Labute approximate surface area is 124 Å². The molecule has 0 spiro atoms. The Balaban J connectivity index is 2.31. The van der Waals surface area contributed by atoms with Gasteiger partial charge < -0.3 is 0 Å². The van der Waals surface area contributed by atoms with Crippen LogP contribution in [0.4, 0.5) is 13.2 Å². The van der Waals surface area contributed by atoms with Gasteiger partial charge in [-0.3, -0.25) is 0 Å². The molecule has 0 atom stereocenters. The van der Waals surface area contributed by atoms with Crippen molar-refractivity contribution in [2.24, 2.45) is 0 Å². The van der Waals surface area contributed by atoms with E-state index in [-0.39, 0.29) is 0 Å². The summed E-state index contributed by atoms with van der Waals surface area (Å²) >= 11 is 2.36. The summed E-state index contributed by atoms with van der Waals surface area (Å²) in [6.07, 6.45) is -3.31. The number of halogens is 3. The van der Waals surface area contributed by atoms with Crippen molar-refractivity contribution >= 4 is 23.1 Å². The minimum Gasteiger partial charge on any atom is -0.232 e. The Kier molecular flexibility index (Phi) is 4.75. The van der Waals surface area contributed by atoms with Gasteiger partial charge in [-0.2, -0.15) is 13.2 Å². The van der Waals surface area contributed by atoms with E-state index in [9.17, 15) is 13.2 Å². The van der Waals surface area contributed by atoms with Crippen LogP contribution in [-0.4, -0.2) is 10.7 Å². The van der Waals surface area contributed by atoms with E-state index >= 15 is 0 Å². The molecule has 0 saturated heterocycles. The van der Waals surface area contributed by atoms with Crippen LogP contribution in [0.1, 0.15) is 23.9 Å². The van der Waals surface area contributed by atoms with Crippen LogP contribution in [0, 0.1) is 6.92 Å². The Bertz CT molecular complexity index is 590. The molecule has 20 heavy (non-hydrogen) atoms. The predicted octanol–water partition coefficient (Wildman–Crippen LogP) is 5.64. The molecule has 1 aromatic carbocycles. The van der Waals surface area contributed by atoms with Crippen LogP contribution in [0.15, 0.2) is 28.5 Å². The molecule has 1 nitrogen and oxygen atoms in total. The van der Waals surface area contributed by atoms with E-state index in [1.807, 2.05) is 25.1 Å². The third-order valence-corrected chi connectivity index (χ3v) is 4.94. The van der Waals surface area contributed by atoms with Gasteiger partial charge in [0.2, 0.25) is 0 Å². The molecule has 0 amide bonds. The molecule has 0 radical (unpaired) electrons. The second kappa shape index (κ2) is 6.18. The molecule has 0 aliphatic carbocycles. The molecule has 0 bridgehead atoms. The average Bonchev–Trinajstić information content (AvgIpc) is 2.87. The highest BCUT2D eigenvalue weighted by Crippen LogP contribution is 2.35. The number of nitrogens with zero attached hydrogens (tertiary/aromatic N) is 1. The van der Waals surface area contributed by atoms with Crippen molar-refractivity contribution in [2.75, 3.05) is 5.75 Å². The monoisotopic (exact) mass is 317 g/mol. The minimum absolute atomic E-state index is 0.390. The molecule has 0 unspecified atom stereocenters. The summed E-state index contributed by atoms with van der Waals surface area (Å²) in [5.41, 5.74) is 2.26. The number of hydrogen-bond donors (Lipinski definition) is 0. The molecule has 1 aromatic heterocycles. The summed E-state index contributed by atoms with van der Waals surface area (Å²) in [6, 6.07) is 5.67. The SMILES string of the molecule is CCCSc1cc(-c2csc(C(F)(F)F)n2)ccc1C. The van der Waals surface area contributed by atoms with E-state index in [2.05, 4.69) is 11.9 Å². The lowest BCUT2D eigenvalue weighted by molar-refractivity contribution is -0.137. The number of rotatable bonds is 4. The van der Waals surface area contributed by atoms with Crippen LogP contribution < -0.4 is 0 Å². The first-order chi connectivity index (χ1) is 9.41. The van der Waals surface area contributed by atoms with Crippen LogP contribution in [-0.2, 0) is 6.18 Å². The van der Waals surface area contributed by atoms with Crippen LogP contribution in [0.3, 0.4) is 0 Å². The van der Waals surface area contributed by atoms with Crippen molar-refractivity contribution in [3.8, 4) is 11.3 Å². The van der Waals surface area contributed by atoms with Gasteiger partial charge in [-0.25, -0.2) is 4.98 Å². The van der Waals surface area contributed by atoms with E-state index in [0.29, 0.717) is 17.0 Å². The normalized spacial score (nSPS) is 11.8. The molecular formula is C14H14F3NS2. The standard InChI is InChI=1S/C14H14F3NS2/c1-3-6-19-12-7-10(5-4-9(12)2)11-8-20-13(18-11)14(15,16)17/h4-5,7-8H,3,6H2,1-2H3.